The maximum atomic E-state index is 11.8. The maximum absolute atomic E-state index is 11.8. The second-order valence-corrected chi connectivity index (χ2v) is 6.86. The third-order valence-corrected chi connectivity index (χ3v) is 3.51. The van der Waals surface area contributed by atoms with E-state index in [4.69, 9.17) is 4.74 Å². The zero-order chi connectivity index (χ0) is 16.1. The van der Waals surface area contributed by atoms with Crippen molar-refractivity contribution in [2.75, 3.05) is 6.54 Å². The summed E-state index contributed by atoms with van der Waals surface area (Å²) in [5, 5.41) is 6.32. The Balaban J connectivity index is 2.53. The summed E-state index contributed by atoms with van der Waals surface area (Å²) < 4.78 is 5.27. The van der Waals surface area contributed by atoms with Gasteiger partial charge in [-0.05, 0) is 33.6 Å². The zero-order valence-corrected chi connectivity index (χ0v) is 13.9. The van der Waals surface area contributed by atoms with Crippen LogP contribution in [-0.4, -0.2) is 33.7 Å². The Labute approximate surface area is 127 Å². The molecule has 1 unspecified atom stereocenters. The highest BCUT2D eigenvalue weighted by Gasteiger charge is 2.29. The highest BCUT2D eigenvalue weighted by molar-refractivity contribution is 5.67. The van der Waals surface area contributed by atoms with Crippen LogP contribution in [-0.2, 0) is 11.3 Å². The Hall–Kier alpha value is -1.56. The molecule has 0 aromatic carbocycles. The first-order chi connectivity index (χ1) is 9.62. The smallest absolute Gasteiger partial charge is 0.407 e. The second kappa shape index (κ2) is 6.93. The van der Waals surface area contributed by atoms with Crippen molar-refractivity contribution in [1.82, 2.24) is 20.6 Å². The minimum absolute atomic E-state index is 0.234. The number of ether oxygens (including phenoxy) is 1. The van der Waals surface area contributed by atoms with Gasteiger partial charge in [-0.2, -0.15) is 0 Å². The lowest BCUT2D eigenvalue weighted by Gasteiger charge is -2.35. The average Bonchev–Trinajstić information content (AvgIpc) is 2.84. The number of hydrogen-bond acceptors (Lipinski definition) is 4. The molecule has 1 rings (SSSR count). The molecule has 0 aliphatic carbocycles. The van der Waals surface area contributed by atoms with Crippen LogP contribution in [0.1, 0.15) is 47.2 Å². The van der Waals surface area contributed by atoms with Crippen molar-refractivity contribution in [2.45, 2.75) is 59.2 Å². The van der Waals surface area contributed by atoms with Gasteiger partial charge in [0.15, 0.2) is 0 Å². The molecule has 0 bridgehead atoms. The summed E-state index contributed by atoms with van der Waals surface area (Å²) in [7, 11) is 0. The average molecular weight is 296 g/mol. The summed E-state index contributed by atoms with van der Waals surface area (Å²) in [4.78, 5) is 18.8. The predicted octanol–water partition coefficient (Wildman–Crippen LogP) is 2.44. The number of aromatic amines is 1. The van der Waals surface area contributed by atoms with E-state index in [1.165, 1.54) is 0 Å². The molecule has 0 aliphatic heterocycles. The normalized spacial score (nSPS) is 14.8. The number of nitrogens with one attached hydrogen (secondary N) is 3. The third-order valence-electron chi connectivity index (χ3n) is 3.51. The minimum Gasteiger partial charge on any atom is -0.444 e. The van der Waals surface area contributed by atoms with Gasteiger partial charge >= 0.3 is 6.09 Å². The molecule has 3 N–H and O–H groups in total. The number of imidazole rings is 1. The van der Waals surface area contributed by atoms with Crippen LogP contribution in [0.4, 0.5) is 4.79 Å². The van der Waals surface area contributed by atoms with Crippen molar-refractivity contribution in [1.29, 1.82) is 0 Å². The third kappa shape index (κ3) is 6.16. The van der Waals surface area contributed by atoms with Crippen molar-refractivity contribution in [2.24, 2.45) is 5.92 Å². The van der Waals surface area contributed by atoms with Crippen LogP contribution in [0, 0.1) is 5.92 Å². The Morgan fingerprint density at radius 1 is 1.38 bits per heavy atom. The molecule has 1 heterocycles. The van der Waals surface area contributed by atoms with Crippen molar-refractivity contribution in [3.8, 4) is 0 Å². The van der Waals surface area contributed by atoms with E-state index in [0.29, 0.717) is 19.0 Å². The van der Waals surface area contributed by atoms with Crippen molar-refractivity contribution >= 4 is 6.09 Å². The van der Waals surface area contributed by atoms with Crippen LogP contribution < -0.4 is 10.6 Å². The first-order valence-electron chi connectivity index (χ1n) is 7.31. The lowest BCUT2D eigenvalue weighted by molar-refractivity contribution is 0.0503. The zero-order valence-electron chi connectivity index (χ0n) is 13.9. The van der Waals surface area contributed by atoms with E-state index in [2.05, 4.69) is 41.4 Å². The molecule has 120 valence electrons. The van der Waals surface area contributed by atoms with E-state index < -0.39 is 11.7 Å². The number of aromatic nitrogens is 2. The fourth-order valence-corrected chi connectivity index (χ4v) is 1.72. The number of alkyl carbamates (subject to hydrolysis) is 1. The summed E-state index contributed by atoms with van der Waals surface area (Å²) in [5.74, 6) is 0.343. The number of nitrogens with zero attached hydrogens (tertiary/aromatic N) is 1. The molecular weight excluding hydrogens is 268 g/mol. The molecule has 6 nitrogen and oxygen atoms in total. The Morgan fingerprint density at radius 2 is 2.05 bits per heavy atom. The fraction of sp³-hybridized carbons (Fsp3) is 0.733. The summed E-state index contributed by atoms with van der Waals surface area (Å²) in [6.07, 6.45) is 3.05. The molecule has 0 saturated heterocycles. The number of amides is 1. The molecule has 0 aliphatic rings. The van der Waals surface area contributed by atoms with Gasteiger partial charge in [0.05, 0.1) is 6.33 Å². The van der Waals surface area contributed by atoms with Gasteiger partial charge in [0, 0.05) is 30.5 Å². The lowest BCUT2D eigenvalue weighted by atomic mass is 9.88. The molecule has 1 aromatic heterocycles. The molecule has 21 heavy (non-hydrogen) atoms. The van der Waals surface area contributed by atoms with E-state index in [1.54, 1.807) is 12.5 Å². The van der Waals surface area contributed by atoms with Gasteiger partial charge in [0.25, 0.3) is 0 Å². The summed E-state index contributed by atoms with van der Waals surface area (Å²) in [6, 6.07) is 0. The molecule has 1 atom stereocenters. The summed E-state index contributed by atoms with van der Waals surface area (Å²) >= 11 is 0. The standard InChI is InChI=1S/C15H28N4O2/c1-11(2)15(6,19-8-12-7-16-10-18-12)9-17-13(20)21-14(3,4)5/h7,10-11,19H,8-9H2,1-6H3,(H,16,18)(H,17,20). The highest BCUT2D eigenvalue weighted by atomic mass is 16.6. The molecule has 1 amide bonds. The van der Waals surface area contributed by atoms with Crippen molar-refractivity contribution in [3.63, 3.8) is 0 Å². The fourth-order valence-electron chi connectivity index (χ4n) is 1.72. The maximum Gasteiger partial charge on any atom is 0.407 e. The van der Waals surface area contributed by atoms with Gasteiger partial charge in [-0.25, -0.2) is 9.78 Å². The monoisotopic (exact) mass is 296 g/mol. The summed E-state index contributed by atoms with van der Waals surface area (Å²) in [5.41, 5.74) is 0.295. The number of rotatable bonds is 6. The van der Waals surface area contributed by atoms with E-state index in [-0.39, 0.29) is 5.54 Å². The molecule has 0 radical (unpaired) electrons. The lowest BCUT2D eigenvalue weighted by Crippen LogP contribution is -2.55. The van der Waals surface area contributed by atoms with Gasteiger partial charge in [-0.15, -0.1) is 0 Å². The first-order valence-corrected chi connectivity index (χ1v) is 7.31. The minimum atomic E-state index is -0.484. The van der Waals surface area contributed by atoms with Gasteiger partial charge in [-0.3, -0.25) is 0 Å². The van der Waals surface area contributed by atoms with Crippen LogP contribution in [0.3, 0.4) is 0 Å². The van der Waals surface area contributed by atoms with E-state index in [1.807, 2.05) is 20.8 Å². The molecule has 0 fully saturated rings. The highest BCUT2D eigenvalue weighted by Crippen LogP contribution is 2.16. The Kier molecular flexibility index (Phi) is 5.78. The van der Waals surface area contributed by atoms with Crippen LogP contribution in [0.5, 0.6) is 0 Å². The number of H-pyrrole nitrogens is 1. The van der Waals surface area contributed by atoms with Gasteiger partial charge in [0.1, 0.15) is 5.60 Å². The van der Waals surface area contributed by atoms with E-state index in [9.17, 15) is 4.79 Å². The molecule has 1 aromatic rings. The van der Waals surface area contributed by atoms with Gasteiger partial charge in [0.2, 0.25) is 0 Å². The van der Waals surface area contributed by atoms with E-state index in [0.717, 1.165) is 5.69 Å². The van der Waals surface area contributed by atoms with Crippen molar-refractivity contribution in [3.05, 3.63) is 18.2 Å². The predicted molar refractivity (Wildman–Crippen MR) is 82.9 cm³/mol. The Bertz CT molecular complexity index is 437. The van der Waals surface area contributed by atoms with Gasteiger partial charge in [-0.1, -0.05) is 13.8 Å². The van der Waals surface area contributed by atoms with Crippen LogP contribution in [0.2, 0.25) is 0 Å². The second-order valence-electron chi connectivity index (χ2n) is 6.86. The summed E-state index contributed by atoms with van der Waals surface area (Å²) in [6.45, 7) is 13.1. The van der Waals surface area contributed by atoms with Crippen molar-refractivity contribution < 1.29 is 9.53 Å². The molecule has 0 spiro atoms. The molecule has 0 saturated carbocycles. The largest absolute Gasteiger partial charge is 0.444 e. The van der Waals surface area contributed by atoms with E-state index >= 15 is 0 Å². The number of carbonyl (C=O) groups is 1. The molecule has 6 heteroatoms. The topological polar surface area (TPSA) is 79.0 Å². The quantitative estimate of drug-likeness (QED) is 0.753. The van der Waals surface area contributed by atoms with Crippen LogP contribution in [0.15, 0.2) is 12.5 Å². The van der Waals surface area contributed by atoms with Crippen LogP contribution >= 0.6 is 0 Å². The Morgan fingerprint density at radius 3 is 2.52 bits per heavy atom. The number of carbonyl (C=O) groups excluding carboxylic acids is 1. The first kappa shape index (κ1) is 17.5. The van der Waals surface area contributed by atoms with Crippen LogP contribution in [0.25, 0.3) is 0 Å². The number of hydrogen-bond donors (Lipinski definition) is 3. The molecular formula is C15H28N4O2. The SMILES string of the molecule is CC(C)C(C)(CNC(=O)OC(C)(C)C)NCc1cnc[nH]1. The van der Waals surface area contributed by atoms with Gasteiger partial charge < -0.3 is 20.4 Å².